The Morgan fingerprint density at radius 1 is 1.36 bits per heavy atom. The van der Waals surface area contributed by atoms with Gasteiger partial charge in [-0.05, 0) is 22.0 Å². The topological polar surface area (TPSA) is 64.9 Å². The minimum Gasteiger partial charge on any atom is -0.359 e. The molecule has 0 aromatic carbocycles. The van der Waals surface area contributed by atoms with Gasteiger partial charge in [0.2, 0.25) is 0 Å². The predicted molar refractivity (Wildman–Crippen MR) is 55.3 cm³/mol. The molecule has 4 nitrogen and oxygen atoms in total. The largest absolute Gasteiger partial charge is 0.359 e. The molecule has 5 heteroatoms. The summed E-state index contributed by atoms with van der Waals surface area (Å²) < 4.78 is 5.90. The third-order valence-electron chi connectivity index (χ3n) is 1.76. The zero-order valence-electron chi connectivity index (χ0n) is 7.27. The van der Waals surface area contributed by atoms with Crippen LogP contribution in [0, 0.1) is 0 Å². The van der Waals surface area contributed by atoms with E-state index in [9.17, 15) is 0 Å². The summed E-state index contributed by atoms with van der Waals surface area (Å²) >= 11 is 3.34. The number of hydrogen-bond acceptors (Lipinski definition) is 4. The number of rotatable bonds is 2. The van der Waals surface area contributed by atoms with Gasteiger partial charge in [-0.15, -0.1) is 0 Å². The lowest BCUT2D eigenvalue weighted by Crippen LogP contribution is -1.92. The highest BCUT2D eigenvalue weighted by Gasteiger charge is 2.05. The zero-order chi connectivity index (χ0) is 9.97. The Kier molecular flexibility index (Phi) is 2.60. The molecule has 0 saturated heterocycles. The van der Waals surface area contributed by atoms with Crippen molar-refractivity contribution in [1.29, 1.82) is 0 Å². The van der Waals surface area contributed by atoms with Crippen LogP contribution in [0.3, 0.4) is 0 Å². The van der Waals surface area contributed by atoms with Crippen LogP contribution in [0.25, 0.3) is 11.3 Å². The van der Waals surface area contributed by atoms with Gasteiger partial charge in [0.1, 0.15) is 5.69 Å². The average molecular weight is 254 g/mol. The lowest BCUT2D eigenvalue weighted by molar-refractivity contribution is 0.387. The number of halogens is 1. The van der Waals surface area contributed by atoms with Crippen LogP contribution in [0.15, 0.2) is 33.5 Å². The quantitative estimate of drug-likeness (QED) is 0.889. The summed E-state index contributed by atoms with van der Waals surface area (Å²) in [6.07, 6.45) is 3.44. The van der Waals surface area contributed by atoms with Gasteiger partial charge in [0, 0.05) is 28.5 Å². The normalized spacial score (nSPS) is 10.4. The molecule has 0 amide bonds. The second-order valence-electron chi connectivity index (χ2n) is 2.77. The number of aromatic nitrogens is 2. The van der Waals surface area contributed by atoms with E-state index in [0.29, 0.717) is 12.3 Å². The lowest BCUT2D eigenvalue weighted by atomic mass is 10.2. The molecule has 0 saturated carbocycles. The zero-order valence-corrected chi connectivity index (χ0v) is 8.86. The molecule has 14 heavy (non-hydrogen) atoms. The molecule has 0 radical (unpaired) electrons. The van der Waals surface area contributed by atoms with Crippen LogP contribution >= 0.6 is 15.9 Å². The Morgan fingerprint density at radius 3 is 2.86 bits per heavy atom. The number of nitrogens with zero attached hydrogens (tertiary/aromatic N) is 2. The van der Waals surface area contributed by atoms with E-state index >= 15 is 0 Å². The maximum Gasteiger partial charge on any atom is 0.150 e. The van der Waals surface area contributed by atoms with Crippen molar-refractivity contribution in [3.05, 3.63) is 34.8 Å². The molecule has 0 atom stereocenters. The molecule has 0 aliphatic rings. The minimum absolute atomic E-state index is 0.356. The highest BCUT2D eigenvalue weighted by Crippen LogP contribution is 2.21. The van der Waals surface area contributed by atoms with Gasteiger partial charge in [0.05, 0.1) is 6.54 Å². The maximum atomic E-state index is 5.41. The van der Waals surface area contributed by atoms with E-state index in [-0.39, 0.29) is 0 Å². The van der Waals surface area contributed by atoms with Crippen LogP contribution in [0.2, 0.25) is 0 Å². The molecule has 72 valence electrons. The Balaban J connectivity index is 2.39. The smallest absolute Gasteiger partial charge is 0.150 e. The fourth-order valence-corrected chi connectivity index (χ4v) is 1.46. The van der Waals surface area contributed by atoms with Crippen molar-refractivity contribution in [2.75, 3.05) is 0 Å². The van der Waals surface area contributed by atoms with E-state index < -0.39 is 0 Å². The molecule has 2 N–H and O–H groups in total. The molecule has 2 aromatic rings. The first-order chi connectivity index (χ1) is 6.79. The van der Waals surface area contributed by atoms with Crippen molar-refractivity contribution >= 4 is 15.9 Å². The van der Waals surface area contributed by atoms with Gasteiger partial charge in [0.15, 0.2) is 5.76 Å². The Labute approximate surface area is 89.2 Å². The van der Waals surface area contributed by atoms with Crippen molar-refractivity contribution in [2.24, 2.45) is 5.73 Å². The summed E-state index contributed by atoms with van der Waals surface area (Å²) in [6.45, 7) is 0.356. The summed E-state index contributed by atoms with van der Waals surface area (Å²) in [5, 5.41) is 3.88. The van der Waals surface area contributed by atoms with Crippen molar-refractivity contribution < 1.29 is 4.52 Å². The van der Waals surface area contributed by atoms with E-state index in [1.807, 2.05) is 12.1 Å². The van der Waals surface area contributed by atoms with Crippen molar-refractivity contribution in [1.82, 2.24) is 10.1 Å². The van der Waals surface area contributed by atoms with Crippen LogP contribution < -0.4 is 5.73 Å². The first kappa shape index (κ1) is 9.36. The summed E-state index contributed by atoms with van der Waals surface area (Å²) in [7, 11) is 0. The predicted octanol–water partition coefficient (Wildman–Crippen LogP) is 1.96. The third-order valence-corrected chi connectivity index (χ3v) is 2.19. The summed E-state index contributed by atoms with van der Waals surface area (Å²) in [4.78, 5) is 4.04. The molecule has 0 aliphatic heterocycles. The number of hydrogen-bond donors (Lipinski definition) is 1. The molecule has 2 rings (SSSR count). The van der Waals surface area contributed by atoms with Gasteiger partial charge in [0.25, 0.3) is 0 Å². The van der Waals surface area contributed by atoms with Gasteiger partial charge in [-0.25, -0.2) is 0 Å². The summed E-state index contributed by atoms with van der Waals surface area (Å²) in [6, 6.07) is 3.73. The Hall–Kier alpha value is -1.20. The molecule has 2 heterocycles. The standard InChI is InChI=1S/C9H8BrN3O/c10-7-1-6(4-12-5-7)9-2-8(3-11)14-13-9/h1-2,4-5H,3,11H2. The lowest BCUT2D eigenvalue weighted by Gasteiger charge is -1.93. The highest BCUT2D eigenvalue weighted by atomic mass is 79.9. The average Bonchev–Trinajstić information content (AvgIpc) is 2.66. The Bertz CT molecular complexity index is 441. The Morgan fingerprint density at radius 2 is 2.21 bits per heavy atom. The maximum absolute atomic E-state index is 5.41. The molecule has 0 aliphatic carbocycles. The van der Waals surface area contributed by atoms with Gasteiger partial charge in [-0.2, -0.15) is 0 Å². The number of nitrogens with two attached hydrogens (primary N) is 1. The molecular weight excluding hydrogens is 246 g/mol. The fraction of sp³-hybridized carbons (Fsp3) is 0.111. The van der Waals surface area contributed by atoms with Crippen LogP contribution in [-0.2, 0) is 6.54 Å². The summed E-state index contributed by atoms with van der Waals surface area (Å²) in [5.74, 6) is 0.667. The van der Waals surface area contributed by atoms with Crippen LogP contribution in [0.1, 0.15) is 5.76 Å². The van der Waals surface area contributed by atoms with Crippen LogP contribution in [-0.4, -0.2) is 10.1 Å². The van der Waals surface area contributed by atoms with Crippen LogP contribution in [0.4, 0.5) is 0 Å². The molecule has 0 unspecified atom stereocenters. The monoisotopic (exact) mass is 253 g/mol. The summed E-state index contributed by atoms with van der Waals surface area (Å²) in [5.41, 5.74) is 7.07. The third kappa shape index (κ3) is 1.83. The van der Waals surface area contributed by atoms with E-state index in [2.05, 4.69) is 26.1 Å². The van der Waals surface area contributed by atoms with E-state index in [1.54, 1.807) is 12.4 Å². The molecular formula is C9H8BrN3O. The van der Waals surface area contributed by atoms with Crippen molar-refractivity contribution in [3.8, 4) is 11.3 Å². The van der Waals surface area contributed by atoms with Gasteiger partial charge < -0.3 is 10.3 Å². The fourth-order valence-electron chi connectivity index (χ4n) is 1.10. The first-order valence-corrected chi connectivity index (χ1v) is 4.85. The second kappa shape index (κ2) is 3.89. The van der Waals surface area contributed by atoms with Gasteiger partial charge >= 0.3 is 0 Å². The molecule has 0 spiro atoms. The molecule has 0 fully saturated rings. The van der Waals surface area contributed by atoms with Crippen molar-refractivity contribution in [2.45, 2.75) is 6.54 Å². The number of pyridine rings is 1. The van der Waals surface area contributed by atoms with E-state index in [4.69, 9.17) is 10.3 Å². The van der Waals surface area contributed by atoms with E-state index in [0.717, 1.165) is 15.7 Å². The SMILES string of the molecule is NCc1cc(-c2cncc(Br)c2)no1. The highest BCUT2D eigenvalue weighted by molar-refractivity contribution is 9.10. The van der Waals surface area contributed by atoms with Crippen LogP contribution in [0.5, 0.6) is 0 Å². The minimum atomic E-state index is 0.356. The second-order valence-corrected chi connectivity index (χ2v) is 3.69. The van der Waals surface area contributed by atoms with Gasteiger partial charge in [-0.1, -0.05) is 5.16 Å². The first-order valence-electron chi connectivity index (χ1n) is 4.06. The molecule has 2 aromatic heterocycles. The van der Waals surface area contributed by atoms with Crippen molar-refractivity contribution in [3.63, 3.8) is 0 Å². The molecule has 0 bridgehead atoms. The van der Waals surface area contributed by atoms with E-state index in [1.165, 1.54) is 0 Å². The van der Waals surface area contributed by atoms with Gasteiger partial charge in [-0.3, -0.25) is 4.98 Å².